The van der Waals surface area contributed by atoms with E-state index in [1.165, 1.54) is 0 Å². The molecular weight excluding hydrogens is 460 g/mol. The Morgan fingerprint density at radius 1 is 0.806 bits per heavy atom. The molecule has 0 aromatic heterocycles. The second kappa shape index (κ2) is 15.2. The van der Waals surface area contributed by atoms with Crippen molar-refractivity contribution in [3.05, 3.63) is 35.9 Å². The molecule has 0 aliphatic heterocycles. The van der Waals surface area contributed by atoms with E-state index in [1.54, 1.807) is 24.3 Å². The molecule has 1 aromatic carbocycles. The van der Waals surface area contributed by atoms with Crippen LogP contribution in [0.4, 0.5) is 0 Å². The van der Waals surface area contributed by atoms with Gasteiger partial charge < -0.3 is 26.8 Å². The maximum absolute atomic E-state index is 13.2. The molecule has 1 aromatic rings. The summed E-state index contributed by atoms with van der Waals surface area (Å²) in [6.07, 6.45) is 1.54. The Morgan fingerprint density at radius 2 is 1.36 bits per heavy atom. The van der Waals surface area contributed by atoms with Gasteiger partial charge in [0.2, 0.25) is 17.7 Å². The number of benzene rings is 1. The summed E-state index contributed by atoms with van der Waals surface area (Å²) in [4.78, 5) is 50.9. The first-order chi connectivity index (χ1) is 16.8. The number of carboxylic acid groups (broad SMARTS) is 1. The molecule has 5 atom stereocenters. The van der Waals surface area contributed by atoms with Crippen molar-refractivity contribution in [3.63, 3.8) is 0 Å². The van der Waals surface area contributed by atoms with Crippen molar-refractivity contribution in [1.29, 1.82) is 0 Å². The highest BCUT2D eigenvalue weighted by molar-refractivity contribution is 5.94. The van der Waals surface area contributed by atoms with Crippen molar-refractivity contribution in [1.82, 2.24) is 16.0 Å². The Labute approximate surface area is 215 Å². The van der Waals surface area contributed by atoms with E-state index in [9.17, 15) is 24.3 Å². The Hall–Kier alpha value is -2.94. The molecule has 1 rings (SSSR count). The molecule has 6 N–H and O–H groups in total. The van der Waals surface area contributed by atoms with Gasteiger partial charge in [-0.1, -0.05) is 78.3 Å². The van der Waals surface area contributed by atoms with Gasteiger partial charge in [-0.25, -0.2) is 4.79 Å². The van der Waals surface area contributed by atoms with Crippen LogP contribution in [0.15, 0.2) is 30.3 Å². The molecule has 0 heterocycles. The van der Waals surface area contributed by atoms with Gasteiger partial charge >= 0.3 is 5.97 Å². The highest BCUT2D eigenvalue weighted by Crippen LogP contribution is 2.13. The van der Waals surface area contributed by atoms with Crippen LogP contribution in [-0.2, 0) is 25.6 Å². The molecule has 9 heteroatoms. The minimum atomic E-state index is -1.16. The molecule has 0 fully saturated rings. The number of carbonyl (C=O) groups excluding carboxylic acids is 3. The third kappa shape index (κ3) is 10.8. The van der Waals surface area contributed by atoms with Gasteiger partial charge in [-0.3, -0.25) is 14.4 Å². The summed E-state index contributed by atoms with van der Waals surface area (Å²) >= 11 is 0. The maximum Gasteiger partial charge on any atom is 0.326 e. The van der Waals surface area contributed by atoms with Crippen LogP contribution in [0.1, 0.15) is 66.4 Å². The molecule has 0 bridgehead atoms. The summed E-state index contributed by atoms with van der Waals surface area (Å²) in [6, 6.07) is 5.29. The monoisotopic (exact) mass is 504 g/mol. The van der Waals surface area contributed by atoms with E-state index in [0.29, 0.717) is 19.3 Å². The van der Waals surface area contributed by atoms with Gasteiger partial charge in [0.1, 0.15) is 18.1 Å². The van der Waals surface area contributed by atoms with E-state index in [0.717, 1.165) is 5.56 Å². The third-order valence-corrected chi connectivity index (χ3v) is 6.09. The summed E-state index contributed by atoms with van der Waals surface area (Å²) in [7, 11) is 0. The lowest BCUT2D eigenvalue weighted by molar-refractivity contribution is -0.142. The minimum Gasteiger partial charge on any atom is -0.480 e. The summed E-state index contributed by atoms with van der Waals surface area (Å²) in [5.74, 6) is -2.59. The van der Waals surface area contributed by atoms with Crippen molar-refractivity contribution in [2.24, 2.45) is 23.5 Å². The highest BCUT2D eigenvalue weighted by Gasteiger charge is 2.33. The molecule has 0 radical (unpaired) electrons. The Morgan fingerprint density at radius 3 is 1.86 bits per heavy atom. The van der Waals surface area contributed by atoms with Gasteiger partial charge in [0, 0.05) is 6.42 Å². The van der Waals surface area contributed by atoms with Crippen molar-refractivity contribution >= 4 is 23.7 Å². The second-order valence-electron chi connectivity index (χ2n) is 10.4. The summed E-state index contributed by atoms with van der Waals surface area (Å²) in [6.45, 7) is 11.5. The maximum atomic E-state index is 13.2. The van der Waals surface area contributed by atoms with E-state index < -0.39 is 47.9 Å². The minimum absolute atomic E-state index is 0.0977. The lowest BCUT2D eigenvalue weighted by Crippen LogP contribution is -2.59. The first-order valence-electron chi connectivity index (χ1n) is 12.8. The normalized spacial score (nSPS) is 15.5. The van der Waals surface area contributed by atoms with E-state index >= 15 is 0 Å². The van der Waals surface area contributed by atoms with E-state index in [4.69, 9.17) is 5.73 Å². The lowest BCUT2D eigenvalue weighted by Gasteiger charge is -2.28. The fourth-order valence-corrected chi connectivity index (χ4v) is 3.86. The molecule has 36 heavy (non-hydrogen) atoms. The van der Waals surface area contributed by atoms with Gasteiger partial charge in [0.05, 0.1) is 6.04 Å². The van der Waals surface area contributed by atoms with Crippen molar-refractivity contribution in [2.75, 3.05) is 0 Å². The van der Waals surface area contributed by atoms with Gasteiger partial charge in [-0.05, 0) is 36.2 Å². The van der Waals surface area contributed by atoms with Crippen LogP contribution in [0.5, 0.6) is 0 Å². The number of aliphatic carboxylic acids is 1. The van der Waals surface area contributed by atoms with E-state index in [1.807, 2.05) is 47.6 Å². The fraction of sp³-hybridized carbons (Fsp3) is 0.630. The van der Waals surface area contributed by atoms with Crippen LogP contribution in [0, 0.1) is 17.8 Å². The molecule has 0 aliphatic carbocycles. The molecular formula is C27H44N4O5. The van der Waals surface area contributed by atoms with Gasteiger partial charge in [-0.2, -0.15) is 0 Å². The van der Waals surface area contributed by atoms with Crippen LogP contribution in [0.3, 0.4) is 0 Å². The zero-order valence-corrected chi connectivity index (χ0v) is 22.4. The third-order valence-electron chi connectivity index (χ3n) is 6.09. The summed E-state index contributed by atoms with van der Waals surface area (Å²) in [5.41, 5.74) is 6.77. The smallest absolute Gasteiger partial charge is 0.326 e. The Balaban J connectivity index is 3.02. The van der Waals surface area contributed by atoms with Gasteiger partial charge in [0.25, 0.3) is 0 Å². The molecule has 202 valence electrons. The van der Waals surface area contributed by atoms with Gasteiger partial charge in [0.15, 0.2) is 0 Å². The number of hydrogen-bond acceptors (Lipinski definition) is 5. The van der Waals surface area contributed by atoms with Gasteiger partial charge in [-0.15, -0.1) is 0 Å². The van der Waals surface area contributed by atoms with Crippen molar-refractivity contribution in [3.8, 4) is 0 Å². The van der Waals surface area contributed by atoms with Crippen LogP contribution < -0.4 is 21.7 Å². The van der Waals surface area contributed by atoms with Crippen LogP contribution >= 0.6 is 0 Å². The molecule has 0 saturated heterocycles. The zero-order valence-electron chi connectivity index (χ0n) is 22.4. The lowest BCUT2D eigenvalue weighted by atomic mass is 9.95. The number of nitrogens with two attached hydrogens (primary N) is 1. The Bertz CT molecular complexity index is 859. The molecule has 0 aliphatic rings. The number of hydrogen-bond donors (Lipinski definition) is 5. The van der Waals surface area contributed by atoms with Crippen LogP contribution in [-0.4, -0.2) is 53.0 Å². The topological polar surface area (TPSA) is 151 Å². The predicted molar refractivity (Wildman–Crippen MR) is 140 cm³/mol. The fourth-order valence-electron chi connectivity index (χ4n) is 3.86. The van der Waals surface area contributed by atoms with Crippen molar-refractivity contribution < 1.29 is 24.3 Å². The average Bonchev–Trinajstić information content (AvgIpc) is 2.80. The van der Waals surface area contributed by atoms with Crippen LogP contribution in [0.2, 0.25) is 0 Å². The summed E-state index contributed by atoms with van der Waals surface area (Å²) < 4.78 is 0. The average molecular weight is 505 g/mol. The summed E-state index contributed by atoms with van der Waals surface area (Å²) in [5, 5.41) is 17.8. The zero-order chi connectivity index (χ0) is 27.4. The first-order valence-corrected chi connectivity index (χ1v) is 12.8. The number of carbonyl (C=O) groups is 4. The number of carboxylic acids is 1. The Kier molecular flexibility index (Phi) is 13.2. The van der Waals surface area contributed by atoms with Crippen LogP contribution in [0.25, 0.3) is 0 Å². The first kappa shape index (κ1) is 31.1. The molecule has 5 unspecified atom stereocenters. The predicted octanol–water partition coefficient (Wildman–Crippen LogP) is 2.23. The standard InChI is InChI=1S/C27H44N4O5/c1-7-18(6)23(26(34)30-22(27(35)36)15-19-11-9-8-10-12-19)31-25(33)21(14-17(4)5)29-24(32)20(28)13-16(2)3/h8-12,16-18,20-23H,7,13-15,28H2,1-6H3,(H,29,32)(H,30,34)(H,31,33)(H,35,36). The number of rotatable bonds is 15. The van der Waals surface area contributed by atoms with E-state index in [2.05, 4.69) is 16.0 Å². The van der Waals surface area contributed by atoms with Crippen molar-refractivity contribution in [2.45, 2.75) is 91.4 Å². The molecule has 0 saturated carbocycles. The molecule has 3 amide bonds. The highest BCUT2D eigenvalue weighted by atomic mass is 16.4. The second-order valence-corrected chi connectivity index (χ2v) is 10.4. The number of amides is 3. The molecule has 9 nitrogen and oxygen atoms in total. The largest absolute Gasteiger partial charge is 0.480 e. The molecule has 0 spiro atoms. The number of nitrogens with one attached hydrogen (secondary N) is 3. The SMILES string of the molecule is CCC(C)C(NC(=O)C(CC(C)C)NC(=O)C(N)CC(C)C)C(=O)NC(Cc1ccccc1)C(=O)O. The quantitative estimate of drug-likeness (QED) is 0.247. The van der Waals surface area contributed by atoms with E-state index in [-0.39, 0.29) is 24.2 Å².